The Hall–Kier alpha value is -4.45. The third-order valence-corrected chi connectivity index (χ3v) is 11.6. The highest BCUT2D eigenvalue weighted by Crippen LogP contribution is 2.13. The lowest BCUT2D eigenvalue weighted by atomic mass is 10.1. The summed E-state index contributed by atoms with van der Waals surface area (Å²) in [5.74, 6) is -0.999. The van der Waals surface area contributed by atoms with Crippen molar-refractivity contribution < 1.29 is 28.6 Å². The van der Waals surface area contributed by atoms with Gasteiger partial charge >= 0.3 is 17.9 Å². The Labute approximate surface area is 436 Å². The van der Waals surface area contributed by atoms with E-state index in [1.165, 1.54) is 57.8 Å². The summed E-state index contributed by atoms with van der Waals surface area (Å²) in [7, 11) is 0. The van der Waals surface area contributed by atoms with Crippen LogP contribution < -0.4 is 0 Å². The number of carbonyl (C=O) groups is 3. The van der Waals surface area contributed by atoms with Crippen molar-refractivity contribution in [1.82, 2.24) is 0 Å². The van der Waals surface area contributed by atoms with Crippen molar-refractivity contribution in [3.63, 3.8) is 0 Å². The van der Waals surface area contributed by atoms with Crippen molar-refractivity contribution in [3.8, 4) is 0 Å². The second-order valence-electron chi connectivity index (χ2n) is 18.5. The number of carbonyl (C=O) groups excluding carboxylic acids is 3. The van der Waals surface area contributed by atoms with Gasteiger partial charge in [0.25, 0.3) is 0 Å². The fraction of sp³-hybridized carbons (Fsp3) is 0.615. The molecule has 0 saturated heterocycles. The molecule has 6 nitrogen and oxygen atoms in total. The fourth-order valence-electron chi connectivity index (χ4n) is 7.32. The van der Waals surface area contributed by atoms with Gasteiger partial charge in [-0.15, -0.1) is 0 Å². The van der Waals surface area contributed by atoms with Gasteiger partial charge in [0.1, 0.15) is 13.2 Å². The van der Waals surface area contributed by atoms with E-state index in [2.05, 4.69) is 154 Å². The van der Waals surface area contributed by atoms with Crippen LogP contribution in [0, 0.1) is 0 Å². The second-order valence-corrected chi connectivity index (χ2v) is 18.5. The zero-order valence-electron chi connectivity index (χ0n) is 45.7. The first-order valence-electron chi connectivity index (χ1n) is 28.7. The molecule has 0 aliphatic heterocycles. The Kier molecular flexibility index (Phi) is 54.5. The number of ether oxygens (including phenoxy) is 3. The van der Waals surface area contributed by atoms with Gasteiger partial charge in [0, 0.05) is 19.3 Å². The maximum absolute atomic E-state index is 12.9. The molecule has 0 rings (SSSR count). The normalized spacial score (nSPS) is 13.1. The predicted molar refractivity (Wildman–Crippen MR) is 306 cm³/mol. The van der Waals surface area contributed by atoms with Crippen LogP contribution in [-0.2, 0) is 28.6 Å². The zero-order chi connectivity index (χ0) is 51.4. The summed E-state index contributed by atoms with van der Waals surface area (Å²) in [4.78, 5) is 38.1. The van der Waals surface area contributed by atoms with Gasteiger partial charge in [-0.05, 0) is 128 Å². The van der Waals surface area contributed by atoms with Crippen molar-refractivity contribution in [2.45, 2.75) is 245 Å². The first kappa shape index (κ1) is 66.6. The van der Waals surface area contributed by atoms with Gasteiger partial charge in [-0.25, -0.2) is 0 Å². The van der Waals surface area contributed by atoms with Gasteiger partial charge in [-0.2, -0.15) is 0 Å². The van der Waals surface area contributed by atoms with E-state index >= 15 is 0 Å². The summed E-state index contributed by atoms with van der Waals surface area (Å²) >= 11 is 0. The molecule has 6 heteroatoms. The van der Waals surface area contributed by atoms with Crippen molar-refractivity contribution in [2.75, 3.05) is 13.2 Å². The minimum atomic E-state index is -0.817. The number of esters is 3. The molecule has 0 aliphatic rings. The van der Waals surface area contributed by atoms with Crippen molar-refractivity contribution in [1.29, 1.82) is 0 Å². The molecule has 0 N–H and O–H groups in total. The van der Waals surface area contributed by atoms with Gasteiger partial charge in [0.15, 0.2) is 6.10 Å². The van der Waals surface area contributed by atoms with Gasteiger partial charge in [0.2, 0.25) is 0 Å². The van der Waals surface area contributed by atoms with Crippen LogP contribution in [0.5, 0.6) is 0 Å². The summed E-state index contributed by atoms with van der Waals surface area (Å²) in [5, 5.41) is 0. The first-order valence-corrected chi connectivity index (χ1v) is 28.7. The number of hydrogen-bond acceptors (Lipinski definition) is 6. The Morgan fingerprint density at radius 1 is 0.296 bits per heavy atom. The van der Waals surface area contributed by atoms with Crippen LogP contribution in [-0.4, -0.2) is 37.2 Å². The van der Waals surface area contributed by atoms with E-state index in [-0.39, 0.29) is 37.5 Å². The molecule has 0 aliphatic carbocycles. The summed E-state index contributed by atoms with van der Waals surface area (Å²) in [5.41, 5.74) is 0. The highest BCUT2D eigenvalue weighted by atomic mass is 16.6. The van der Waals surface area contributed by atoms with Gasteiger partial charge in [-0.3, -0.25) is 14.4 Å². The Balaban J connectivity index is 4.51. The van der Waals surface area contributed by atoms with Gasteiger partial charge < -0.3 is 14.2 Å². The van der Waals surface area contributed by atoms with E-state index in [4.69, 9.17) is 14.2 Å². The van der Waals surface area contributed by atoms with Crippen LogP contribution in [0.1, 0.15) is 239 Å². The summed E-state index contributed by atoms with van der Waals surface area (Å²) in [6.45, 7) is 6.36. The molecule has 1 unspecified atom stereocenters. The van der Waals surface area contributed by atoms with E-state index in [1.54, 1.807) is 0 Å². The maximum atomic E-state index is 12.9. The molecule has 0 radical (unpaired) electrons. The number of allylic oxidation sites excluding steroid dienone is 22. The van der Waals surface area contributed by atoms with Crippen molar-refractivity contribution in [3.05, 3.63) is 134 Å². The molecular weight excluding hydrogens is 877 g/mol. The molecule has 0 aromatic rings. The molecule has 0 bridgehead atoms. The van der Waals surface area contributed by atoms with Crippen LogP contribution in [0.15, 0.2) is 134 Å². The summed E-state index contributed by atoms with van der Waals surface area (Å²) < 4.78 is 16.8. The zero-order valence-corrected chi connectivity index (χ0v) is 45.7. The van der Waals surface area contributed by atoms with Gasteiger partial charge in [-0.1, -0.05) is 225 Å². The molecule has 0 amide bonds. The summed E-state index contributed by atoms with van der Waals surface area (Å²) in [6.07, 6.45) is 81.6. The summed E-state index contributed by atoms with van der Waals surface area (Å²) in [6, 6.07) is 0. The SMILES string of the molecule is CC/C=C\C/C=C\C/C=C\C/C=C\C/C=C\C/C=C\C/C=C\CCCC(=O)OCC(COC(=O)CCCCCCC/C=C\C/C=C\CCC)OC(=O)CCCCCCCCC/C=C\C/C=C\CCCCC. The molecule has 0 aromatic carbocycles. The minimum absolute atomic E-state index is 0.111. The van der Waals surface area contributed by atoms with Gasteiger partial charge in [0.05, 0.1) is 0 Å². The molecule has 0 spiro atoms. The monoisotopic (exact) mass is 981 g/mol. The van der Waals surface area contributed by atoms with Crippen LogP contribution in [0.4, 0.5) is 0 Å². The molecule has 0 heterocycles. The fourth-order valence-corrected chi connectivity index (χ4v) is 7.32. The lowest BCUT2D eigenvalue weighted by Gasteiger charge is -2.18. The van der Waals surface area contributed by atoms with E-state index < -0.39 is 6.10 Å². The second kappa shape index (κ2) is 58.1. The van der Waals surface area contributed by atoms with Crippen LogP contribution >= 0.6 is 0 Å². The number of unbranched alkanes of at least 4 members (excludes halogenated alkanes) is 17. The average Bonchev–Trinajstić information content (AvgIpc) is 3.37. The highest BCUT2D eigenvalue weighted by Gasteiger charge is 2.19. The molecule has 0 fully saturated rings. The largest absolute Gasteiger partial charge is 0.462 e. The number of hydrogen-bond donors (Lipinski definition) is 0. The molecule has 0 saturated carbocycles. The third kappa shape index (κ3) is 56.3. The topological polar surface area (TPSA) is 78.9 Å². The van der Waals surface area contributed by atoms with Crippen LogP contribution in [0.3, 0.4) is 0 Å². The highest BCUT2D eigenvalue weighted by molar-refractivity contribution is 5.71. The van der Waals surface area contributed by atoms with E-state index in [0.29, 0.717) is 19.3 Å². The minimum Gasteiger partial charge on any atom is -0.462 e. The quantitative estimate of drug-likeness (QED) is 0.0262. The maximum Gasteiger partial charge on any atom is 0.306 e. The predicted octanol–water partition coefficient (Wildman–Crippen LogP) is 19.4. The Morgan fingerprint density at radius 3 is 0.972 bits per heavy atom. The third-order valence-electron chi connectivity index (χ3n) is 11.6. The van der Waals surface area contributed by atoms with Crippen LogP contribution in [0.2, 0.25) is 0 Å². The van der Waals surface area contributed by atoms with E-state index in [1.807, 2.05) is 0 Å². The standard InChI is InChI=1S/C65H104O6/c1-4-7-10-13-16-19-22-25-27-29-30-31-32-33-34-36-37-40-43-46-49-52-55-58-64(67)70-61-62(60-69-63(66)57-54-51-48-45-42-39-24-21-18-15-12-9-6-3)71-65(68)59-56-53-50-47-44-41-38-35-28-26-23-20-17-14-11-8-5-2/h7,10,12,15-17,19-21,24-28,30-31,33-34,37,40,46,49,62H,4-6,8-9,11,13-14,18,22-23,29,32,35-36,38-39,41-45,47-48,50-61H2,1-3H3/b10-7-,15-12-,19-16-,20-17-,24-21-,27-25-,28-26-,31-30-,34-33-,40-37-,49-46-. The molecular formula is C65H104O6. The molecule has 1 atom stereocenters. The molecule has 400 valence electrons. The lowest BCUT2D eigenvalue weighted by Crippen LogP contribution is -2.30. The lowest BCUT2D eigenvalue weighted by molar-refractivity contribution is -0.167. The van der Waals surface area contributed by atoms with E-state index in [9.17, 15) is 14.4 Å². The first-order chi connectivity index (χ1) is 35.0. The van der Waals surface area contributed by atoms with Crippen molar-refractivity contribution >= 4 is 17.9 Å². The molecule has 71 heavy (non-hydrogen) atoms. The van der Waals surface area contributed by atoms with Crippen molar-refractivity contribution in [2.24, 2.45) is 0 Å². The average molecular weight is 982 g/mol. The Morgan fingerprint density at radius 2 is 0.592 bits per heavy atom. The molecule has 0 aromatic heterocycles. The Bertz CT molecular complexity index is 1550. The van der Waals surface area contributed by atoms with Crippen LogP contribution in [0.25, 0.3) is 0 Å². The number of rotatable bonds is 50. The smallest absolute Gasteiger partial charge is 0.306 e. The van der Waals surface area contributed by atoms with E-state index in [0.717, 1.165) is 135 Å².